The molecule has 0 radical (unpaired) electrons. The first kappa shape index (κ1) is 17.2. The molecular weight excluding hydrogens is 346 g/mol. The Balaban J connectivity index is 1.59. The molecule has 0 saturated carbocycles. The minimum atomic E-state index is 0.411. The van der Waals surface area contributed by atoms with E-state index in [0.29, 0.717) is 29.0 Å². The number of ether oxygens (including phenoxy) is 1. The summed E-state index contributed by atoms with van der Waals surface area (Å²) >= 11 is 7.94. The first-order valence-electron chi connectivity index (χ1n) is 7.82. The molecule has 3 rings (SSSR count). The lowest BCUT2D eigenvalue weighted by Gasteiger charge is -2.20. The third-order valence-electron chi connectivity index (χ3n) is 3.84. The SMILES string of the molecule is NNC=Nc1ccc(OCc2csc(C3CCNCC3)n2)c(Cl)c1. The van der Waals surface area contributed by atoms with Gasteiger partial charge in [-0.25, -0.2) is 15.8 Å². The number of nitrogens with zero attached hydrogens (tertiary/aromatic N) is 2. The van der Waals surface area contributed by atoms with Gasteiger partial charge in [0, 0.05) is 11.3 Å². The minimum absolute atomic E-state index is 0.411. The number of halogens is 1. The molecule has 24 heavy (non-hydrogen) atoms. The van der Waals surface area contributed by atoms with E-state index >= 15 is 0 Å². The van der Waals surface area contributed by atoms with Crippen LogP contribution in [0.5, 0.6) is 5.75 Å². The van der Waals surface area contributed by atoms with E-state index in [4.69, 9.17) is 27.2 Å². The number of aromatic nitrogens is 1. The summed E-state index contributed by atoms with van der Waals surface area (Å²) in [6, 6.07) is 5.34. The van der Waals surface area contributed by atoms with Crippen molar-refractivity contribution in [3.05, 3.63) is 39.3 Å². The van der Waals surface area contributed by atoms with Gasteiger partial charge in [0.25, 0.3) is 0 Å². The summed E-state index contributed by atoms with van der Waals surface area (Å²) < 4.78 is 5.79. The van der Waals surface area contributed by atoms with Crippen LogP contribution in [0, 0.1) is 0 Å². The second kappa shape index (κ2) is 8.43. The highest BCUT2D eigenvalue weighted by atomic mass is 35.5. The molecule has 1 aromatic carbocycles. The van der Waals surface area contributed by atoms with Crippen molar-refractivity contribution in [3.8, 4) is 5.75 Å². The summed E-state index contributed by atoms with van der Waals surface area (Å²) in [5.74, 6) is 6.34. The van der Waals surface area contributed by atoms with Crippen LogP contribution in [0.1, 0.15) is 29.5 Å². The van der Waals surface area contributed by atoms with Crippen molar-refractivity contribution < 1.29 is 4.74 Å². The van der Waals surface area contributed by atoms with Gasteiger partial charge in [0.15, 0.2) is 0 Å². The van der Waals surface area contributed by atoms with Crippen LogP contribution < -0.4 is 21.3 Å². The minimum Gasteiger partial charge on any atom is -0.486 e. The molecule has 0 amide bonds. The molecule has 0 spiro atoms. The smallest absolute Gasteiger partial charge is 0.138 e. The number of aliphatic imine (C=N–C) groups is 1. The van der Waals surface area contributed by atoms with Crippen LogP contribution in [0.3, 0.4) is 0 Å². The fourth-order valence-corrected chi connectivity index (χ4v) is 3.80. The van der Waals surface area contributed by atoms with E-state index in [1.165, 1.54) is 11.3 Å². The maximum Gasteiger partial charge on any atom is 0.138 e. The van der Waals surface area contributed by atoms with Gasteiger partial charge < -0.3 is 15.5 Å². The van der Waals surface area contributed by atoms with Gasteiger partial charge in [-0.15, -0.1) is 11.3 Å². The average Bonchev–Trinajstić information content (AvgIpc) is 3.09. The molecule has 0 aliphatic carbocycles. The molecule has 6 nitrogen and oxygen atoms in total. The maximum atomic E-state index is 6.23. The fourth-order valence-electron chi connectivity index (χ4n) is 2.60. The van der Waals surface area contributed by atoms with Crippen LogP contribution in [0.25, 0.3) is 0 Å². The lowest BCUT2D eigenvalue weighted by molar-refractivity contribution is 0.301. The van der Waals surface area contributed by atoms with Crippen molar-refractivity contribution in [3.63, 3.8) is 0 Å². The van der Waals surface area contributed by atoms with Gasteiger partial charge in [0.1, 0.15) is 18.7 Å². The highest BCUT2D eigenvalue weighted by Gasteiger charge is 2.18. The number of nitrogens with one attached hydrogen (secondary N) is 2. The molecule has 1 saturated heterocycles. The molecule has 0 unspecified atom stereocenters. The number of nitrogens with two attached hydrogens (primary N) is 1. The van der Waals surface area contributed by atoms with Crippen LogP contribution in [0.15, 0.2) is 28.6 Å². The molecule has 4 N–H and O–H groups in total. The van der Waals surface area contributed by atoms with E-state index in [1.54, 1.807) is 23.5 Å². The topological polar surface area (TPSA) is 84.6 Å². The Morgan fingerprint density at radius 3 is 3.04 bits per heavy atom. The van der Waals surface area contributed by atoms with E-state index in [1.807, 2.05) is 6.07 Å². The third-order valence-corrected chi connectivity index (χ3v) is 5.19. The Labute approximate surface area is 150 Å². The number of thiazole rings is 1. The first-order valence-corrected chi connectivity index (χ1v) is 9.08. The third kappa shape index (κ3) is 4.45. The Morgan fingerprint density at radius 1 is 1.46 bits per heavy atom. The van der Waals surface area contributed by atoms with E-state index in [0.717, 1.165) is 31.6 Å². The number of hydrogen-bond acceptors (Lipinski definition) is 6. The zero-order chi connectivity index (χ0) is 16.8. The van der Waals surface area contributed by atoms with Crippen LogP contribution >= 0.6 is 22.9 Å². The predicted octanol–water partition coefficient (Wildman–Crippen LogP) is 2.97. The molecule has 1 aliphatic rings. The Bertz CT molecular complexity index is 700. The van der Waals surface area contributed by atoms with Crippen molar-refractivity contribution in [2.75, 3.05) is 13.1 Å². The first-order chi connectivity index (χ1) is 11.8. The Hall–Kier alpha value is -1.67. The number of benzene rings is 1. The predicted molar refractivity (Wildman–Crippen MR) is 98.2 cm³/mol. The van der Waals surface area contributed by atoms with Crippen molar-refractivity contribution in [2.24, 2.45) is 10.8 Å². The number of piperidine rings is 1. The van der Waals surface area contributed by atoms with Crippen LogP contribution in [-0.4, -0.2) is 24.4 Å². The quantitative estimate of drug-likeness (QED) is 0.317. The Morgan fingerprint density at radius 2 is 2.29 bits per heavy atom. The van der Waals surface area contributed by atoms with E-state index in [-0.39, 0.29) is 0 Å². The highest BCUT2D eigenvalue weighted by molar-refractivity contribution is 7.09. The molecule has 0 bridgehead atoms. The summed E-state index contributed by atoms with van der Waals surface area (Å²) in [4.78, 5) is 8.80. The van der Waals surface area contributed by atoms with Crippen LogP contribution in [0.2, 0.25) is 5.02 Å². The zero-order valence-corrected chi connectivity index (χ0v) is 14.7. The molecule has 1 aromatic heterocycles. The lowest BCUT2D eigenvalue weighted by atomic mass is 9.99. The molecule has 0 atom stereocenters. The maximum absolute atomic E-state index is 6.23. The Kier molecular flexibility index (Phi) is 6.03. The largest absolute Gasteiger partial charge is 0.486 e. The van der Waals surface area contributed by atoms with Crippen molar-refractivity contribution in [1.29, 1.82) is 0 Å². The van der Waals surface area contributed by atoms with Gasteiger partial charge in [-0.1, -0.05) is 11.6 Å². The molecule has 8 heteroatoms. The van der Waals surface area contributed by atoms with Gasteiger partial charge in [-0.05, 0) is 44.1 Å². The van der Waals surface area contributed by atoms with Gasteiger partial charge in [0.2, 0.25) is 0 Å². The zero-order valence-electron chi connectivity index (χ0n) is 13.2. The number of rotatable bonds is 6. The summed E-state index contributed by atoms with van der Waals surface area (Å²) in [5, 5.41) is 7.16. The summed E-state index contributed by atoms with van der Waals surface area (Å²) in [7, 11) is 0. The molecule has 2 aromatic rings. The normalized spacial score (nSPS) is 15.8. The van der Waals surface area contributed by atoms with Crippen molar-refractivity contribution in [1.82, 2.24) is 15.7 Å². The fraction of sp³-hybridized carbons (Fsp3) is 0.375. The van der Waals surface area contributed by atoms with Gasteiger partial charge in [-0.3, -0.25) is 0 Å². The second-order valence-corrected chi connectivity index (χ2v) is 6.83. The molecule has 128 valence electrons. The summed E-state index contributed by atoms with van der Waals surface area (Å²) in [6.07, 6.45) is 3.70. The van der Waals surface area contributed by atoms with Crippen LogP contribution in [0.4, 0.5) is 5.69 Å². The summed E-state index contributed by atoms with van der Waals surface area (Å²) in [6.45, 7) is 2.55. The lowest BCUT2D eigenvalue weighted by Crippen LogP contribution is -2.26. The standard InChI is InChI=1S/C16H20ClN5OS/c17-14-7-12(20-10-21-18)1-2-15(14)23-8-13-9-24-16(22-13)11-3-5-19-6-4-11/h1-2,7,9-11,19H,3-6,8,18H2,(H,20,21). The number of hydrazine groups is 1. The molecule has 2 heterocycles. The van der Waals surface area contributed by atoms with E-state index in [2.05, 4.69) is 21.1 Å². The molecule has 1 fully saturated rings. The van der Waals surface area contributed by atoms with Crippen molar-refractivity contribution in [2.45, 2.75) is 25.4 Å². The monoisotopic (exact) mass is 365 g/mol. The van der Waals surface area contributed by atoms with Crippen molar-refractivity contribution >= 4 is 35.0 Å². The average molecular weight is 366 g/mol. The molecular formula is C16H20ClN5OS. The molecule has 1 aliphatic heterocycles. The van der Waals surface area contributed by atoms with Gasteiger partial charge in [-0.2, -0.15) is 0 Å². The van der Waals surface area contributed by atoms with Gasteiger partial charge >= 0.3 is 0 Å². The summed E-state index contributed by atoms with van der Waals surface area (Å²) in [5.41, 5.74) is 3.99. The van der Waals surface area contributed by atoms with Gasteiger partial charge in [0.05, 0.1) is 21.4 Å². The number of hydrogen-bond donors (Lipinski definition) is 3. The van der Waals surface area contributed by atoms with Crippen LogP contribution in [-0.2, 0) is 6.61 Å². The van der Waals surface area contributed by atoms with E-state index < -0.39 is 0 Å². The highest BCUT2D eigenvalue weighted by Crippen LogP contribution is 2.31. The second-order valence-electron chi connectivity index (χ2n) is 5.53. The van der Waals surface area contributed by atoms with E-state index in [9.17, 15) is 0 Å².